The summed E-state index contributed by atoms with van der Waals surface area (Å²) in [5, 5.41) is 0. The summed E-state index contributed by atoms with van der Waals surface area (Å²) in [4.78, 5) is 15.4. The van der Waals surface area contributed by atoms with Gasteiger partial charge >= 0.3 is 5.97 Å². The second-order valence-electron chi connectivity index (χ2n) is 2.94. The van der Waals surface area contributed by atoms with E-state index in [0.717, 1.165) is 0 Å². The second-order valence-corrected chi connectivity index (χ2v) is 2.94. The minimum Gasteiger partial charge on any atom is -0.481 e. The minimum atomic E-state index is -0.465. The van der Waals surface area contributed by atoms with Crippen LogP contribution in [0.2, 0.25) is 0 Å². The average Bonchev–Trinajstić information content (AvgIpc) is 2.35. The van der Waals surface area contributed by atoms with E-state index in [-0.39, 0.29) is 5.56 Å². The molecule has 1 aromatic rings. The largest absolute Gasteiger partial charge is 0.481 e. The molecule has 5 heteroatoms. The van der Waals surface area contributed by atoms with Crippen molar-refractivity contribution in [3.63, 3.8) is 0 Å². The molecule has 0 atom stereocenters. The van der Waals surface area contributed by atoms with Gasteiger partial charge in [0.2, 0.25) is 5.88 Å². The Labute approximate surface area is 102 Å². The first-order chi connectivity index (χ1) is 8.11. The quantitative estimate of drug-likeness (QED) is 0.820. The Hall–Kier alpha value is -1.78. The maximum atomic E-state index is 11.4. The zero-order chi connectivity index (χ0) is 13.4. The highest BCUT2D eigenvalue weighted by atomic mass is 16.5. The summed E-state index contributed by atoms with van der Waals surface area (Å²) >= 11 is 0. The molecule has 0 saturated carbocycles. The number of rotatable bonds is 3. The van der Waals surface area contributed by atoms with Crippen molar-refractivity contribution in [2.24, 2.45) is 0 Å². The van der Waals surface area contributed by atoms with Crippen LogP contribution in [0.4, 0.5) is 5.69 Å². The average molecular weight is 240 g/mol. The molecular weight excluding hydrogens is 220 g/mol. The summed E-state index contributed by atoms with van der Waals surface area (Å²) in [6.07, 6.45) is 1.36. The molecule has 0 saturated heterocycles. The SMILES string of the molecule is CC.CCOC(=O)c1cnc(OC)c(C)c1N. The van der Waals surface area contributed by atoms with Crippen molar-refractivity contribution in [1.29, 1.82) is 0 Å². The molecule has 5 nitrogen and oxygen atoms in total. The molecule has 1 rings (SSSR count). The first-order valence-corrected chi connectivity index (χ1v) is 5.58. The van der Waals surface area contributed by atoms with Crippen LogP contribution in [0.5, 0.6) is 5.88 Å². The van der Waals surface area contributed by atoms with E-state index in [4.69, 9.17) is 15.2 Å². The number of esters is 1. The molecule has 0 aliphatic rings. The van der Waals surface area contributed by atoms with Crippen molar-refractivity contribution in [2.75, 3.05) is 19.5 Å². The lowest BCUT2D eigenvalue weighted by Gasteiger charge is -2.09. The molecule has 0 aromatic carbocycles. The molecular formula is C12H20N2O3. The summed E-state index contributed by atoms with van der Waals surface area (Å²) < 4.78 is 9.81. The van der Waals surface area contributed by atoms with Gasteiger partial charge in [0.25, 0.3) is 0 Å². The molecule has 1 aromatic heterocycles. The van der Waals surface area contributed by atoms with E-state index in [1.54, 1.807) is 13.8 Å². The van der Waals surface area contributed by atoms with Crippen LogP contribution in [0.1, 0.15) is 36.7 Å². The van der Waals surface area contributed by atoms with Gasteiger partial charge in [-0.15, -0.1) is 0 Å². The van der Waals surface area contributed by atoms with E-state index in [9.17, 15) is 4.79 Å². The Bertz CT molecular complexity index is 378. The van der Waals surface area contributed by atoms with Crippen molar-refractivity contribution in [3.8, 4) is 5.88 Å². The molecule has 0 amide bonds. The molecule has 0 unspecified atom stereocenters. The van der Waals surface area contributed by atoms with Crippen molar-refractivity contribution >= 4 is 11.7 Å². The Kier molecular flexibility index (Phi) is 6.70. The van der Waals surface area contributed by atoms with Crippen LogP contribution in [-0.2, 0) is 4.74 Å². The highest BCUT2D eigenvalue weighted by Crippen LogP contribution is 2.24. The van der Waals surface area contributed by atoms with Crippen LogP contribution in [-0.4, -0.2) is 24.7 Å². The molecule has 1 heterocycles. The van der Waals surface area contributed by atoms with E-state index in [2.05, 4.69) is 4.98 Å². The van der Waals surface area contributed by atoms with Gasteiger partial charge in [0.1, 0.15) is 5.56 Å². The number of pyridine rings is 1. The van der Waals surface area contributed by atoms with Crippen LogP contribution in [0.3, 0.4) is 0 Å². The van der Waals surface area contributed by atoms with Crippen molar-refractivity contribution in [2.45, 2.75) is 27.7 Å². The number of nitrogen functional groups attached to an aromatic ring is 1. The highest BCUT2D eigenvalue weighted by molar-refractivity contribution is 5.95. The van der Waals surface area contributed by atoms with Gasteiger partial charge in [0, 0.05) is 11.8 Å². The molecule has 2 N–H and O–H groups in total. The zero-order valence-electron chi connectivity index (χ0n) is 11.0. The molecule has 96 valence electrons. The number of hydrogen-bond acceptors (Lipinski definition) is 5. The Morgan fingerprint density at radius 2 is 2.06 bits per heavy atom. The lowest BCUT2D eigenvalue weighted by atomic mass is 10.1. The molecule has 0 bridgehead atoms. The van der Waals surface area contributed by atoms with Crippen molar-refractivity contribution < 1.29 is 14.3 Å². The van der Waals surface area contributed by atoms with Crippen LogP contribution in [0.25, 0.3) is 0 Å². The summed E-state index contributed by atoms with van der Waals surface area (Å²) in [7, 11) is 1.50. The fraction of sp³-hybridized carbons (Fsp3) is 0.500. The summed E-state index contributed by atoms with van der Waals surface area (Å²) in [6.45, 7) is 7.78. The lowest BCUT2D eigenvalue weighted by molar-refractivity contribution is 0.0527. The third-order valence-electron chi connectivity index (χ3n) is 2.01. The van der Waals surface area contributed by atoms with Gasteiger partial charge in [-0.25, -0.2) is 9.78 Å². The normalized spacial score (nSPS) is 9.00. The number of ether oxygens (including phenoxy) is 2. The third kappa shape index (κ3) is 3.62. The monoisotopic (exact) mass is 240 g/mol. The molecule has 17 heavy (non-hydrogen) atoms. The number of hydrogen-bond donors (Lipinski definition) is 1. The van der Waals surface area contributed by atoms with Crippen LogP contribution in [0, 0.1) is 6.92 Å². The zero-order valence-corrected chi connectivity index (χ0v) is 11.0. The van der Waals surface area contributed by atoms with Crippen LogP contribution in [0.15, 0.2) is 6.20 Å². The minimum absolute atomic E-state index is 0.273. The number of carbonyl (C=O) groups excluding carboxylic acids is 1. The lowest BCUT2D eigenvalue weighted by Crippen LogP contribution is -2.10. The number of aromatic nitrogens is 1. The van der Waals surface area contributed by atoms with Gasteiger partial charge in [-0.1, -0.05) is 13.8 Å². The van der Waals surface area contributed by atoms with Gasteiger partial charge < -0.3 is 15.2 Å². The molecule has 0 aliphatic carbocycles. The second kappa shape index (κ2) is 7.49. The maximum absolute atomic E-state index is 11.4. The van der Waals surface area contributed by atoms with Gasteiger partial charge in [-0.2, -0.15) is 0 Å². The van der Waals surface area contributed by atoms with E-state index >= 15 is 0 Å². The first kappa shape index (κ1) is 15.2. The fourth-order valence-corrected chi connectivity index (χ4v) is 1.18. The number of carbonyl (C=O) groups is 1. The number of methoxy groups -OCH3 is 1. The van der Waals surface area contributed by atoms with Crippen LogP contribution >= 0.6 is 0 Å². The summed E-state index contributed by atoms with van der Waals surface area (Å²) in [6, 6.07) is 0. The predicted octanol–water partition coefficient (Wildman–Crippen LogP) is 2.18. The molecule has 0 radical (unpaired) electrons. The van der Waals surface area contributed by atoms with E-state index in [1.807, 2.05) is 13.8 Å². The first-order valence-electron chi connectivity index (χ1n) is 5.58. The van der Waals surface area contributed by atoms with Crippen molar-refractivity contribution in [1.82, 2.24) is 4.98 Å². The fourth-order valence-electron chi connectivity index (χ4n) is 1.18. The number of anilines is 1. The van der Waals surface area contributed by atoms with Gasteiger partial charge in [0.15, 0.2) is 0 Å². The standard InChI is InChI=1S/C10H14N2O3.C2H6/c1-4-15-10(13)7-5-12-9(14-3)6(2)8(7)11;1-2/h5H,4H2,1-3H3,(H2,11,12);1-2H3. The molecule has 0 spiro atoms. The number of nitrogens with two attached hydrogens (primary N) is 1. The predicted molar refractivity (Wildman–Crippen MR) is 67.2 cm³/mol. The molecule has 0 aliphatic heterocycles. The van der Waals surface area contributed by atoms with E-state index < -0.39 is 5.97 Å². The Morgan fingerprint density at radius 3 is 2.53 bits per heavy atom. The van der Waals surface area contributed by atoms with E-state index in [0.29, 0.717) is 23.7 Å². The summed E-state index contributed by atoms with van der Waals surface area (Å²) in [5.41, 5.74) is 7.03. The Morgan fingerprint density at radius 1 is 1.47 bits per heavy atom. The maximum Gasteiger partial charge on any atom is 0.341 e. The van der Waals surface area contributed by atoms with Gasteiger partial charge in [-0.3, -0.25) is 0 Å². The van der Waals surface area contributed by atoms with Gasteiger partial charge in [-0.05, 0) is 13.8 Å². The highest BCUT2D eigenvalue weighted by Gasteiger charge is 2.15. The molecule has 0 fully saturated rings. The van der Waals surface area contributed by atoms with Gasteiger partial charge in [0.05, 0.1) is 19.4 Å². The topological polar surface area (TPSA) is 74.4 Å². The summed E-state index contributed by atoms with van der Waals surface area (Å²) in [5.74, 6) is -0.0474. The smallest absolute Gasteiger partial charge is 0.341 e. The van der Waals surface area contributed by atoms with Crippen LogP contribution < -0.4 is 10.5 Å². The van der Waals surface area contributed by atoms with E-state index in [1.165, 1.54) is 13.3 Å². The Balaban J connectivity index is 0.00000121. The van der Waals surface area contributed by atoms with Crippen molar-refractivity contribution in [3.05, 3.63) is 17.3 Å². The third-order valence-corrected chi connectivity index (χ3v) is 2.01. The number of nitrogens with zero attached hydrogens (tertiary/aromatic N) is 1.